The summed E-state index contributed by atoms with van der Waals surface area (Å²) >= 11 is 0. The van der Waals surface area contributed by atoms with Gasteiger partial charge in [-0.05, 0) is 30.5 Å². The Kier molecular flexibility index (Phi) is 6.41. The number of carbonyl (C=O) groups is 2. The van der Waals surface area contributed by atoms with Crippen molar-refractivity contribution < 1.29 is 14.0 Å². The lowest BCUT2D eigenvalue weighted by atomic mass is 10.1. The highest BCUT2D eigenvalue weighted by Gasteiger charge is 2.34. The first kappa shape index (κ1) is 18.9. The number of likely N-dealkylation sites (tertiary alicyclic amines) is 1. The SMILES string of the molecule is CCCC/C(=N/NC(=O)C1CC(=O)N(Cc2ccco2)C1)c1ccccc1. The van der Waals surface area contributed by atoms with Crippen molar-refractivity contribution in [2.75, 3.05) is 6.54 Å². The molecule has 1 unspecified atom stereocenters. The van der Waals surface area contributed by atoms with Gasteiger partial charge in [0.2, 0.25) is 11.8 Å². The van der Waals surface area contributed by atoms with E-state index in [1.54, 1.807) is 17.2 Å². The van der Waals surface area contributed by atoms with E-state index in [9.17, 15) is 9.59 Å². The highest BCUT2D eigenvalue weighted by atomic mass is 16.3. The summed E-state index contributed by atoms with van der Waals surface area (Å²) in [5.41, 5.74) is 4.55. The van der Waals surface area contributed by atoms with E-state index in [1.165, 1.54) is 0 Å². The molecule has 2 heterocycles. The second-order valence-electron chi connectivity index (χ2n) is 6.76. The van der Waals surface area contributed by atoms with Gasteiger partial charge in [-0.25, -0.2) is 5.43 Å². The molecule has 142 valence electrons. The van der Waals surface area contributed by atoms with Crippen LogP contribution in [0.4, 0.5) is 0 Å². The Hall–Kier alpha value is -2.89. The molecule has 6 nitrogen and oxygen atoms in total. The smallest absolute Gasteiger partial charge is 0.245 e. The van der Waals surface area contributed by atoms with Crippen molar-refractivity contribution in [2.45, 2.75) is 39.2 Å². The highest BCUT2D eigenvalue weighted by molar-refractivity contribution is 6.01. The molecule has 0 spiro atoms. The average Bonchev–Trinajstić information content (AvgIpc) is 3.33. The molecule has 1 fully saturated rings. The number of nitrogens with one attached hydrogen (secondary N) is 1. The molecule has 1 N–H and O–H groups in total. The highest BCUT2D eigenvalue weighted by Crippen LogP contribution is 2.20. The third-order valence-corrected chi connectivity index (χ3v) is 4.69. The zero-order chi connectivity index (χ0) is 19.1. The predicted molar refractivity (Wildman–Crippen MR) is 103 cm³/mol. The molecule has 2 amide bonds. The molecule has 0 bridgehead atoms. The third-order valence-electron chi connectivity index (χ3n) is 4.69. The summed E-state index contributed by atoms with van der Waals surface area (Å²) in [6.07, 6.45) is 4.64. The van der Waals surface area contributed by atoms with E-state index < -0.39 is 0 Å². The van der Waals surface area contributed by atoms with Crippen LogP contribution in [-0.4, -0.2) is 29.0 Å². The molecule has 1 aliphatic heterocycles. The van der Waals surface area contributed by atoms with Gasteiger partial charge in [-0.15, -0.1) is 0 Å². The molecule has 1 aromatic carbocycles. The lowest BCUT2D eigenvalue weighted by Crippen LogP contribution is -2.30. The molecule has 27 heavy (non-hydrogen) atoms. The topological polar surface area (TPSA) is 74.9 Å². The molecule has 0 saturated carbocycles. The number of nitrogens with zero attached hydrogens (tertiary/aromatic N) is 2. The molecule has 0 aliphatic carbocycles. The fourth-order valence-corrected chi connectivity index (χ4v) is 3.14. The summed E-state index contributed by atoms with van der Waals surface area (Å²) in [6.45, 7) is 2.90. The summed E-state index contributed by atoms with van der Waals surface area (Å²) in [4.78, 5) is 26.4. The first-order valence-electron chi connectivity index (χ1n) is 9.39. The van der Waals surface area contributed by atoms with E-state index in [4.69, 9.17) is 4.42 Å². The van der Waals surface area contributed by atoms with Gasteiger partial charge in [-0.2, -0.15) is 5.10 Å². The van der Waals surface area contributed by atoms with Gasteiger partial charge in [0.1, 0.15) is 5.76 Å². The van der Waals surface area contributed by atoms with Gasteiger partial charge in [-0.3, -0.25) is 9.59 Å². The number of unbranched alkanes of at least 4 members (excludes halogenated alkanes) is 1. The van der Waals surface area contributed by atoms with Gasteiger partial charge in [-0.1, -0.05) is 43.7 Å². The van der Waals surface area contributed by atoms with Crippen molar-refractivity contribution in [3.63, 3.8) is 0 Å². The van der Waals surface area contributed by atoms with Crippen LogP contribution in [0.5, 0.6) is 0 Å². The zero-order valence-corrected chi connectivity index (χ0v) is 15.6. The minimum Gasteiger partial charge on any atom is -0.467 e. The van der Waals surface area contributed by atoms with Gasteiger partial charge >= 0.3 is 0 Å². The normalized spacial score (nSPS) is 17.4. The summed E-state index contributed by atoms with van der Waals surface area (Å²) in [6, 6.07) is 13.5. The molecule has 1 saturated heterocycles. The molecule has 6 heteroatoms. The minimum absolute atomic E-state index is 0.0372. The van der Waals surface area contributed by atoms with Crippen molar-refractivity contribution in [3.8, 4) is 0 Å². The Bertz CT molecular complexity index is 784. The van der Waals surface area contributed by atoms with Crippen molar-refractivity contribution in [1.29, 1.82) is 0 Å². The number of rotatable bonds is 8. The van der Waals surface area contributed by atoms with Gasteiger partial charge < -0.3 is 9.32 Å². The first-order chi connectivity index (χ1) is 13.2. The van der Waals surface area contributed by atoms with Crippen LogP contribution in [0.25, 0.3) is 0 Å². The maximum atomic E-state index is 12.5. The van der Waals surface area contributed by atoms with Crippen LogP contribution in [0, 0.1) is 5.92 Å². The summed E-state index contributed by atoms with van der Waals surface area (Å²) in [5.74, 6) is 0.0767. The maximum Gasteiger partial charge on any atom is 0.245 e. The quantitative estimate of drug-likeness (QED) is 0.574. The second-order valence-corrected chi connectivity index (χ2v) is 6.76. The maximum absolute atomic E-state index is 12.5. The van der Waals surface area contributed by atoms with E-state index in [0.29, 0.717) is 18.8 Å². The number of carbonyl (C=O) groups excluding carboxylic acids is 2. The predicted octanol–water partition coefficient (Wildman–Crippen LogP) is 3.34. The molecule has 1 atom stereocenters. The Balaban J connectivity index is 1.61. The average molecular weight is 367 g/mol. The zero-order valence-electron chi connectivity index (χ0n) is 15.6. The largest absolute Gasteiger partial charge is 0.467 e. The van der Waals surface area contributed by atoms with E-state index in [0.717, 1.165) is 30.5 Å². The molecule has 3 rings (SSSR count). The van der Waals surface area contributed by atoms with Crippen LogP contribution in [0.3, 0.4) is 0 Å². The fraction of sp³-hybridized carbons (Fsp3) is 0.381. The summed E-state index contributed by atoms with van der Waals surface area (Å²) < 4.78 is 5.29. The lowest BCUT2D eigenvalue weighted by Gasteiger charge is -2.14. The van der Waals surface area contributed by atoms with Crippen molar-refractivity contribution >= 4 is 17.5 Å². The van der Waals surface area contributed by atoms with Crippen LogP contribution < -0.4 is 5.43 Å². The number of hydrogen-bond donors (Lipinski definition) is 1. The Morgan fingerprint density at radius 3 is 2.78 bits per heavy atom. The summed E-state index contributed by atoms with van der Waals surface area (Å²) in [5, 5.41) is 4.37. The van der Waals surface area contributed by atoms with Crippen LogP contribution >= 0.6 is 0 Å². The second kappa shape index (κ2) is 9.16. The van der Waals surface area contributed by atoms with Crippen molar-refractivity contribution in [2.24, 2.45) is 11.0 Å². The molecular weight excluding hydrogens is 342 g/mol. The Morgan fingerprint density at radius 2 is 2.07 bits per heavy atom. The van der Waals surface area contributed by atoms with Gasteiger partial charge in [0.05, 0.1) is 24.4 Å². The van der Waals surface area contributed by atoms with E-state index >= 15 is 0 Å². The van der Waals surface area contributed by atoms with Crippen LogP contribution in [0.15, 0.2) is 58.2 Å². The van der Waals surface area contributed by atoms with Crippen LogP contribution in [-0.2, 0) is 16.1 Å². The lowest BCUT2D eigenvalue weighted by molar-refractivity contribution is -0.129. The molecule has 1 aliphatic rings. The van der Waals surface area contributed by atoms with Gasteiger partial charge in [0, 0.05) is 13.0 Å². The standard InChI is InChI=1S/C21H25N3O3/c1-2-3-11-19(16-8-5-4-6-9-16)22-23-21(26)17-13-20(25)24(14-17)15-18-10-7-12-27-18/h4-10,12,17H,2-3,11,13-15H2,1H3,(H,23,26)/b22-19-. The number of furan rings is 1. The van der Waals surface area contributed by atoms with Crippen LogP contribution in [0.2, 0.25) is 0 Å². The van der Waals surface area contributed by atoms with Gasteiger partial charge in [0.25, 0.3) is 0 Å². The van der Waals surface area contributed by atoms with E-state index in [-0.39, 0.29) is 24.2 Å². The number of amides is 2. The van der Waals surface area contributed by atoms with Crippen molar-refractivity contribution in [1.82, 2.24) is 10.3 Å². The molecule has 1 aromatic heterocycles. The molecule has 2 aromatic rings. The number of benzene rings is 1. The number of hydrogen-bond acceptors (Lipinski definition) is 4. The monoisotopic (exact) mass is 367 g/mol. The van der Waals surface area contributed by atoms with Gasteiger partial charge in [0.15, 0.2) is 0 Å². The van der Waals surface area contributed by atoms with Crippen molar-refractivity contribution in [3.05, 3.63) is 60.1 Å². The Morgan fingerprint density at radius 1 is 1.26 bits per heavy atom. The third kappa shape index (κ3) is 5.06. The molecule has 0 radical (unpaired) electrons. The van der Waals surface area contributed by atoms with E-state index in [2.05, 4.69) is 17.5 Å². The first-order valence-corrected chi connectivity index (χ1v) is 9.39. The number of hydrazone groups is 1. The summed E-state index contributed by atoms with van der Waals surface area (Å²) in [7, 11) is 0. The van der Waals surface area contributed by atoms with E-state index in [1.807, 2.05) is 36.4 Å². The van der Waals surface area contributed by atoms with Crippen LogP contribution in [0.1, 0.15) is 43.9 Å². The minimum atomic E-state index is -0.389. The molecular formula is C21H25N3O3. The Labute approximate surface area is 159 Å². The fourth-order valence-electron chi connectivity index (χ4n) is 3.14.